The number of aromatic nitrogens is 1. The highest BCUT2D eigenvalue weighted by Crippen LogP contribution is 2.06. The summed E-state index contributed by atoms with van der Waals surface area (Å²) in [6, 6.07) is -0.256. The molecule has 0 saturated carbocycles. The molecule has 1 aromatic rings. The van der Waals surface area contributed by atoms with Crippen LogP contribution < -0.4 is 10.6 Å². The molecule has 1 saturated heterocycles. The Kier molecular flexibility index (Phi) is 3.87. The maximum absolute atomic E-state index is 11.8. The number of nitrogens with zero attached hydrogens (tertiary/aromatic N) is 1. The first-order chi connectivity index (χ1) is 7.77. The molecule has 88 valence electrons. The van der Waals surface area contributed by atoms with Crippen LogP contribution in [-0.2, 0) is 16.1 Å². The summed E-state index contributed by atoms with van der Waals surface area (Å²) in [6.07, 6.45) is 1.65. The van der Waals surface area contributed by atoms with E-state index in [0.717, 1.165) is 11.6 Å². The first-order valence-electron chi connectivity index (χ1n) is 5.28. The quantitative estimate of drug-likeness (QED) is 0.790. The van der Waals surface area contributed by atoms with Crippen molar-refractivity contribution in [3.63, 3.8) is 0 Å². The smallest absolute Gasteiger partial charge is 0.240 e. The Morgan fingerprint density at radius 2 is 2.69 bits per heavy atom. The average molecular weight is 241 g/mol. The van der Waals surface area contributed by atoms with Crippen LogP contribution in [0.3, 0.4) is 0 Å². The molecule has 0 unspecified atom stereocenters. The third-order valence-corrected chi connectivity index (χ3v) is 3.28. The van der Waals surface area contributed by atoms with Crippen LogP contribution in [0.2, 0.25) is 0 Å². The van der Waals surface area contributed by atoms with Crippen molar-refractivity contribution in [3.8, 4) is 0 Å². The molecule has 0 spiro atoms. The monoisotopic (exact) mass is 241 g/mol. The Morgan fingerprint density at radius 3 is 3.38 bits per heavy atom. The van der Waals surface area contributed by atoms with Gasteiger partial charge in [0, 0.05) is 18.1 Å². The number of nitrogens with one attached hydrogen (secondary N) is 2. The highest BCUT2D eigenvalue weighted by Gasteiger charge is 2.27. The van der Waals surface area contributed by atoms with Crippen LogP contribution in [0.15, 0.2) is 11.6 Å². The highest BCUT2D eigenvalue weighted by atomic mass is 32.1. The molecule has 1 amide bonds. The first-order valence-corrected chi connectivity index (χ1v) is 6.16. The molecule has 0 bridgehead atoms. The molecule has 1 aliphatic heterocycles. The minimum absolute atomic E-state index is 0.0256. The van der Waals surface area contributed by atoms with Gasteiger partial charge in [0.2, 0.25) is 5.91 Å². The normalized spacial score (nSPS) is 25.3. The van der Waals surface area contributed by atoms with Gasteiger partial charge in [-0.2, -0.15) is 0 Å². The molecule has 5 nitrogen and oxygen atoms in total. The Balaban J connectivity index is 1.83. The number of carbonyl (C=O) groups is 1. The summed E-state index contributed by atoms with van der Waals surface area (Å²) in [7, 11) is 0. The standard InChI is InChI=1S/C10H15N3O2S/c1-7-9(12-2-4-15-7)10(14)13-6-8-11-3-5-16-8/h3,5,7,9,12H,2,4,6H2,1H3,(H,13,14)/t7-,9+/m1/s1. The third-order valence-electron chi connectivity index (χ3n) is 2.50. The van der Waals surface area contributed by atoms with Crippen molar-refractivity contribution in [3.05, 3.63) is 16.6 Å². The van der Waals surface area contributed by atoms with E-state index in [0.29, 0.717) is 13.2 Å². The zero-order valence-electron chi connectivity index (χ0n) is 9.10. The second-order valence-corrected chi connectivity index (χ2v) is 4.63. The highest BCUT2D eigenvalue weighted by molar-refractivity contribution is 7.09. The van der Waals surface area contributed by atoms with Gasteiger partial charge in [0.25, 0.3) is 0 Å². The van der Waals surface area contributed by atoms with Gasteiger partial charge in [-0.05, 0) is 6.92 Å². The number of amides is 1. The molecule has 2 rings (SSSR count). The predicted octanol–water partition coefficient (Wildman–Crippen LogP) is 0.136. The van der Waals surface area contributed by atoms with E-state index >= 15 is 0 Å². The molecular weight excluding hydrogens is 226 g/mol. The minimum Gasteiger partial charge on any atom is -0.375 e. The molecular formula is C10H15N3O2S. The molecule has 2 N–H and O–H groups in total. The van der Waals surface area contributed by atoms with E-state index in [1.54, 1.807) is 6.20 Å². The fourth-order valence-corrected chi connectivity index (χ4v) is 2.20. The second kappa shape index (κ2) is 5.38. The lowest BCUT2D eigenvalue weighted by atomic mass is 10.1. The molecule has 6 heteroatoms. The number of hydrogen-bond donors (Lipinski definition) is 2. The van der Waals surface area contributed by atoms with E-state index in [1.165, 1.54) is 11.3 Å². The van der Waals surface area contributed by atoms with E-state index in [-0.39, 0.29) is 18.1 Å². The van der Waals surface area contributed by atoms with Gasteiger partial charge in [0.1, 0.15) is 11.0 Å². The summed E-state index contributed by atoms with van der Waals surface area (Å²) < 4.78 is 5.41. The van der Waals surface area contributed by atoms with Crippen molar-refractivity contribution in [2.45, 2.75) is 25.6 Å². The van der Waals surface area contributed by atoms with Crippen molar-refractivity contribution < 1.29 is 9.53 Å². The van der Waals surface area contributed by atoms with Gasteiger partial charge < -0.3 is 15.4 Å². The largest absolute Gasteiger partial charge is 0.375 e. The Hall–Kier alpha value is -0.980. The lowest BCUT2D eigenvalue weighted by Gasteiger charge is -2.29. The Morgan fingerprint density at radius 1 is 1.81 bits per heavy atom. The molecule has 1 fully saturated rings. The molecule has 0 aliphatic carbocycles. The summed E-state index contributed by atoms with van der Waals surface area (Å²) in [5.74, 6) is -0.0256. The number of hydrogen-bond acceptors (Lipinski definition) is 5. The molecule has 1 aliphatic rings. The van der Waals surface area contributed by atoms with Crippen LogP contribution in [0.5, 0.6) is 0 Å². The summed E-state index contributed by atoms with van der Waals surface area (Å²) in [4.78, 5) is 15.9. The topological polar surface area (TPSA) is 63.2 Å². The number of ether oxygens (including phenoxy) is 1. The van der Waals surface area contributed by atoms with E-state index in [9.17, 15) is 4.79 Å². The molecule has 16 heavy (non-hydrogen) atoms. The van der Waals surface area contributed by atoms with Gasteiger partial charge in [-0.15, -0.1) is 11.3 Å². The molecule has 0 radical (unpaired) electrons. The van der Waals surface area contributed by atoms with Crippen LogP contribution in [0.4, 0.5) is 0 Å². The van der Waals surface area contributed by atoms with Gasteiger partial charge >= 0.3 is 0 Å². The van der Waals surface area contributed by atoms with Gasteiger partial charge in [-0.25, -0.2) is 4.98 Å². The van der Waals surface area contributed by atoms with Crippen LogP contribution in [0, 0.1) is 0 Å². The average Bonchev–Trinajstić information content (AvgIpc) is 2.79. The van der Waals surface area contributed by atoms with E-state index in [4.69, 9.17) is 4.74 Å². The maximum atomic E-state index is 11.8. The maximum Gasteiger partial charge on any atom is 0.240 e. The van der Waals surface area contributed by atoms with Crippen molar-refractivity contribution >= 4 is 17.2 Å². The summed E-state index contributed by atoms with van der Waals surface area (Å²) >= 11 is 1.53. The van der Waals surface area contributed by atoms with Crippen molar-refractivity contribution in [2.75, 3.05) is 13.2 Å². The predicted molar refractivity (Wildman–Crippen MR) is 61.2 cm³/mol. The zero-order chi connectivity index (χ0) is 11.4. The van der Waals surface area contributed by atoms with Gasteiger partial charge in [-0.3, -0.25) is 4.79 Å². The van der Waals surface area contributed by atoms with E-state index in [1.807, 2.05) is 12.3 Å². The second-order valence-electron chi connectivity index (χ2n) is 3.65. The lowest BCUT2D eigenvalue weighted by Crippen LogP contribution is -2.55. The van der Waals surface area contributed by atoms with Gasteiger partial charge in [-0.1, -0.05) is 0 Å². The fourth-order valence-electron chi connectivity index (χ4n) is 1.64. The Labute approximate surface area is 98.2 Å². The summed E-state index contributed by atoms with van der Waals surface area (Å²) in [6.45, 7) is 3.78. The van der Waals surface area contributed by atoms with Crippen molar-refractivity contribution in [1.29, 1.82) is 0 Å². The van der Waals surface area contributed by atoms with E-state index in [2.05, 4.69) is 15.6 Å². The zero-order valence-corrected chi connectivity index (χ0v) is 9.92. The Bertz CT molecular complexity index is 342. The van der Waals surface area contributed by atoms with E-state index < -0.39 is 0 Å². The summed E-state index contributed by atoms with van der Waals surface area (Å²) in [5.41, 5.74) is 0. The van der Waals surface area contributed by atoms with Gasteiger partial charge in [0.15, 0.2) is 0 Å². The van der Waals surface area contributed by atoms with Crippen LogP contribution in [0.25, 0.3) is 0 Å². The molecule has 0 aromatic carbocycles. The number of rotatable bonds is 3. The molecule has 2 heterocycles. The van der Waals surface area contributed by atoms with Crippen molar-refractivity contribution in [1.82, 2.24) is 15.6 Å². The summed E-state index contributed by atoms with van der Waals surface area (Å²) in [5, 5.41) is 8.81. The third kappa shape index (κ3) is 2.78. The number of thiazole rings is 1. The minimum atomic E-state index is -0.256. The molecule has 2 atom stereocenters. The number of carbonyl (C=O) groups excluding carboxylic acids is 1. The fraction of sp³-hybridized carbons (Fsp3) is 0.600. The number of morpholine rings is 1. The SMILES string of the molecule is C[C@H]1OCCN[C@@H]1C(=O)NCc1nccs1. The molecule has 1 aromatic heterocycles. The lowest BCUT2D eigenvalue weighted by molar-refractivity contribution is -0.129. The van der Waals surface area contributed by atoms with Gasteiger partial charge in [0.05, 0.1) is 19.3 Å². The first kappa shape index (κ1) is 11.5. The van der Waals surface area contributed by atoms with Crippen LogP contribution >= 0.6 is 11.3 Å². The van der Waals surface area contributed by atoms with Crippen LogP contribution in [-0.4, -0.2) is 36.2 Å². The van der Waals surface area contributed by atoms with Crippen LogP contribution in [0.1, 0.15) is 11.9 Å². The van der Waals surface area contributed by atoms with Crippen molar-refractivity contribution in [2.24, 2.45) is 0 Å².